The average Bonchev–Trinajstić information content (AvgIpc) is 2.40. The summed E-state index contributed by atoms with van der Waals surface area (Å²) in [6.45, 7) is 2.89. The number of para-hydroxylation sites is 1. The quantitative estimate of drug-likeness (QED) is 0.677. The van der Waals surface area contributed by atoms with Crippen molar-refractivity contribution in [2.45, 2.75) is 18.4 Å². The normalized spacial score (nSPS) is 10.5. The predicted molar refractivity (Wildman–Crippen MR) is 89.3 cm³/mol. The van der Waals surface area contributed by atoms with Gasteiger partial charge in [-0.25, -0.2) is 0 Å². The summed E-state index contributed by atoms with van der Waals surface area (Å²) in [6, 6.07) is 14.3. The fourth-order valence-corrected chi connectivity index (χ4v) is 3.27. The highest BCUT2D eigenvalue weighted by atomic mass is 79.9. The Bertz CT molecular complexity index is 560. The van der Waals surface area contributed by atoms with Crippen molar-refractivity contribution in [2.24, 2.45) is 0 Å². The summed E-state index contributed by atoms with van der Waals surface area (Å²) in [7, 11) is 0. The van der Waals surface area contributed by atoms with E-state index in [-0.39, 0.29) is 0 Å². The standard InChI is InChI=1S/C15H15BrClNS/c1-2-19-15-6-4-3-5-14(15)18-10-11-7-8-12(16)9-13(11)17/h3-9,18H,2,10H2,1H3. The lowest BCUT2D eigenvalue weighted by Crippen LogP contribution is -2.01. The van der Waals surface area contributed by atoms with Gasteiger partial charge in [0.2, 0.25) is 0 Å². The third-order valence-electron chi connectivity index (χ3n) is 2.67. The van der Waals surface area contributed by atoms with Crippen LogP contribution in [-0.2, 0) is 6.54 Å². The van der Waals surface area contributed by atoms with Crippen LogP contribution in [0.1, 0.15) is 12.5 Å². The van der Waals surface area contributed by atoms with Crippen molar-refractivity contribution in [1.82, 2.24) is 0 Å². The number of hydrogen-bond acceptors (Lipinski definition) is 2. The summed E-state index contributed by atoms with van der Waals surface area (Å²) in [5.74, 6) is 1.07. The fourth-order valence-electron chi connectivity index (χ4n) is 1.75. The molecule has 0 amide bonds. The van der Waals surface area contributed by atoms with Crippen molar-refractivity contribution in [2.75, 3.05) is 11.1 Å². The van der Waals surface area contributed by atoms with Crippen molar-refractivity contribution in [3.63, 3.8) is 0 Å². The van der Waals surface area contributed by atoms with E-state index in [0.29, 0.717) is 0 Å². The maximum Gasteiger partial charge on any atom is 0.0481 e. The van der Waals surface area contributed by atoms with Crippen LogP contribution < -0.4 is 5.32 Å². The molecule has 0 aromatic heterocycles. The molecule has 4 heteroatoms. The Morgan fingerprint density at radius 2 is 2.00 bits per heavy atom. The van der Waals surface area contributed by atoms with E-state index in [9.17, 15) is 0 Å². The summed E-state index contributed by atoms with van der Waals surface area (Å²) >= 11 is 11.5. The first-order valence-electron chi connectivity index (χ1n) is 6.10. The fraction of sp³-hybridized carbons (Fsp3) is 0.200. The smallest absolute Gasteiger partial charge is 0.0481 e. The van der Waals surface area contributed by atoms with Crippen LogP contribution in [0, 0.1) is 0 Å². The molecular formula is C15H15BrClNS. The number of rotatable bonds is 5. The first-order valence-corrected chi connectivity index (χ1v) is 8.26. The number of thioether (sulfide) groups is 1. The second-order valence-electron chi connectivity index (χ2n) is 4.02. The molecule has 0 heterocycles. The Balaban J connectivity index is 2.10. The number of benzene rings is 2. The third-order valence-corrected chi connectivity index (χ3v) is 4.47. The van der Waals surface area contributed by atoms with E-state index >= 15 is 0 Å². The average molecular weight is 357 g/mol. The molecule has 2 aromatic carbocycles. The predicted octanol–water partition coefficient (Wildman–Crippen LogP) is 5.83. The molecule has 19 heavy (non-hydrogen) atoms. The van der Waals surface area contributed by atoms with Crippen LogP contribution in [0.5, 0.6) is 0 Å². The molecule has 0 saturated carbocycles. The molecule has 0 fully saturated rings. The van der Waals surface area contributed by atoms with Gasteiger partial charge in [0.1, 0.15) is 0 Å². The van der Waals surface area contributed by atoms with E-state index in [1.54, 1.807) is 0 Å². The van der Waals surface area contributed by atoms with E-state index in [4.69, 9.17) is 11.6 Å². The molecule has 0 aliphatic carbocycles. The van der Waals surface area contributed by atoms with Gasteiger partial charge in [-0.3, -0.25) is 0 Å². The zero-order chi connectivity index (χ0) is 13.7. The van der Waals surface area contributed by atoms with Crippen molar-refractivity contribution < 1.29 is 0 Å². The molecule has 0 aliphatic rings. The lowest BCUT2D eigenvalue weighted by atomic mass is 10.2. The maximum absolute atomic E-state index is 6.22. The first-order chi connectivity index (χ1) is 9.20. The molecule has 0 saturated heterocycles. The highest BCUT2D eigenvalue weighted by Gasteiger charge is 2.04. The summed E-state index contributed by atoms with van der Waals surface area (Å²) < 4.78 is 1.00. The zero-order valence-corrected chi connectivity index (χ0v) is 13.8. The van der Waals surface area contributed by atoms with Crippen molar-refractivity contribution >= 4 is 45.0 Å². The molecule has 0 aliphatic heterocycles. The molecular weight excluding hydrogens is 342 g/mol. The minimum absolute atomic E-state index is 0.730. The van der Waals surface area contributed by atoms with Crippen LogP contribution in [0.15, 0.2) is 51.8 Å². The first kappa shape index (κ1) is 14.8. The summed E-state index contributed by atoms with van der Waals surface area (Å²) in [5, 5.41) is 4.23. The van der Waals surface area contributed by atoms with Gasteiger partial charge >= 0.3 is 0 Å². The number of anilines is 1. The largest absolute Gasteiger partial charge is 0.380 e. The molecule has 0 radical (unpaired) electrons. The molecule has 100 valence electrons. The molecule has 0 spiro atoms. The molecule has 2 rings (SSSR count). The Labute approximate surface area is 131 Å². The Morgan fingerprint density at radius 1 is 1.21 bits per heavy atom. The van der Waals surface area contributed by atoms with Crippen LogP contribution >= 0.6 is 39.3 Å². The van der Waals surface area contributed by atoms with Gasteiger partial charge in [0, 0.05) is 26.6 Å². The third kappa shape index (κ3) is 4.16. The monoisotopic (exact) mass is 355 g/mol. The molecule has 1 nitrogen and oxygen atoms in total. The van der Waals surface area contributed by atoms with E-state index in [1.807, 2.05) is 36.0 Å². The van der Waals surface area contributed by atoms with Crippen LogP contribution in [0.4, 0.5) is 5.69 Å². The van der Waals surface area contributed by atoms with E-state index in [1.165, 1.54) is 4.90 Å². The van der Waals surface area contributed by atoms with E-state index in [0.717, 1.165) is 33.0 Å². The SMILES string of the molecule is CCSc1ccccc1NCc1ccc(Br)cc1Cl. The second kappa shape index (κ2) is 7.22. The van der Waals surface area contributed by atoms with Crippen LogP contribution in [-0.4, -0.2) is 5.75 Å². The molecule has 1 N–H and O–H groups in total. The van der Waals surface area contributed by atoms with Gasteiger partial charge in [-0.2, -0.15) is 0 Å². The number of hydrogen-bond donors (Lipinski definition) is 1. The van der Waals surface area contributed by atoms with Gasteiger partial charge in [0.05, 0.1) is 0 Å². The van der Waals surface area contributed by atoms with Crippen LogP contribution in [0.25, 0.3) is 0 Å². The van der Waals surface area contributed by atoms with Gasteiger partial charge in [-0.05, 0) is 35.6 Å². The molecule has 0 unspecified atom stereocenters. The summed E-state index contributed by atoms with van der Waals surface area (Å²) in [6.07, 6.45) is 0. The highest BCUT2D eigenvalue weighted by Crippen LogP contribution is 2.28. The van der Waals surface area contributed by atoms with E-state index in [2.05, 4.69) is 46.4 Å². The lowest BCUT2D eigenvalue weighted by Gasteiger charge is -2.12. The minimum Gasteiger partial charge on any atom is -0.380 e. The number of nitrogens with one attached hydrogen (secondary N) is 1. The lowest BCUT2D eigenvalue weighted by molar-refractivity contribution is 1.13. The van der Waals surface area contributed by atoms with Gasteiger partial charge in [0.15, 0.2) is 0 Å². The second-order valence-corrected chi connectivity index (χ2v) is 6.65. The molecule has 0 atom stereocenters. The van der Waals surface area contributed by atoms with Crippen LogP contribution in [0.3, 0.4) is 0 Å². The maximum atomic E-state index is 6.22. The zero-order valence-electron chi connectivity index (χ0n) is 10.6. The van der Waals surface area contributed by atoms with Crippen molar-refractivity contribution in [1.29, 1.82) is 0 Å². The Morgan fingerprint density at radius 3 is 2.74 bits per heavy atom. The van der Waals surface area contributed by atoms with E-state index < -0.39 is 0 Å². The van der Waals surface area contributed by atoms with Gasteiger partial charge in [-0.1, -0.05) is 52.7 Å². The Hall–Kier alpha value is -0.640. The van der Waals surface area contributed by atoms with Gasteiger partial charge in [0.25, 0.3) is 0 Å². The van der Waals surface area contributed by atoms with Crippen LogP contribution in [0.2, 0.25) is 5.02 Å². The Kier molecular flexibility index (Phi) is 5.61. The topological polar surface area (TPSA) is 12.0 Å². The number of halogens is 2. The van der Waals surface area contributed by atoms with Crippen molar-refractivity contribution in [3.05, 3.63) is 57.5 Å². The highest BCUT2D eigenvalue weighted by molar-refractivity contribution is 9.10. The molecule has 2 aromatic rings. The minimum atomic E-state index is 0.730. The molecule has 0 bridgehead atoms. The summed E-state index contributed by atoms with van der Waals surface area (Å²) in [5.41, 5.74) is 2.26. The van der Waals surface area contributed by atoms with Crippen molar-refractivity contribution in [3.8, 4) is 0 Å². The van der Waals surface area contributed by atoms with Gasteiger partial charge < -0.3 is 5.32 Å². The van der Waals surface area contributed by atoms with Gasteiger partial charge in [-0.15, -0.1) is 11.8 Å². The summed E-state index contributed by atoms with van der Waals surface area (Å²) in [4.78, 5) is 1.28.